The highest BCUT2D eigenvalue weighted by Crippen LogP contribution is 2.32. The standard InChI is InChI=1S/C22H22ClNO2S/c1-17-12-14-20(15-13-17)27(25,26)24-22(19-10-6-3-7-11-19)16-21(23)18-8-4-2-5-9-18/h2-15,21-22,24H,16H2,1H3. The third-order valence-electron chi connectivity index (χ3n) is 4.43. The SMILES string of the molecule is Cc1ccc(S(=O)(=O)NC(CC(Cl)c2ccccc2)c2ccccc2)cc1. The van der Waals surface area contributed by atoms with Crippen molar-refractivity contribution < 1.29 is 8.42 Å². The first-order valence-electron chi connectivity index (χ1n) is 8.79. The molecule has 0 aliphatic carbocycles. The molecule has 3 nitrogen and oxygen atoms in total. The van der Waals surface area contributed by atoms with Gasteiger partial charge in [0.05, 0.1) is 10.3 Å². The van der Waals surface area contributed by atoms with Crippen LogP contribution in [0.5, 0.6) is 0 Å². The van der Waals surface area contributed by atoms with Crippen LogP contribution in [0.15, 0.2) is 89.8 Å². The van der Waals surface area contributed by atoms with Crippen LogP contribution in [0.4, 0.5) is 0 Å². The number of rotatable bonds is 7. The topological polar surface area (TPSA) is 46.2 Å². The van der Waals surface area contributed by atoms with E-state index in [0.29, 0.717) is 6.42 Å². The van der Waals surface area contributed by atoms with Gasteiger partial charge < -0.3 is 0 Å². The predicted molar refractivity (Wildman–Crippen MR) is 110 cm³/mol. The van der Waals surface area contributed by atoms with Crippen molar-refractivity contribution in [1.82, 2.24) is 4.72 Å². The van der Waals surface area contributed by atoms with E-state index >= 15 is 0 Å². The Labute approximate surface area is 166 Å². The van der Waals surface area contributed by atoms with E-state index in [4.69, 9.17) is 11.6 Å². The van der Waals surface area contributed by atoms with Gasteiger partial charge in [-0.2, -0.15) is 0 Å². The number of halogens is 1. The molecule has 0 aliphatic rings. The van der Waals surface area contributed by atoms with Crippen LogP contribution in [-0.2, 0) is 10.0 Å². The Bertz CT molecular complexity index is 958. The van der Waals surface area contributed by atoms with Gasteiger partial charge in [0.1, 0.15) is 0 Å². The van der Waals surface area contributed by atoms with Crippen molar-refractivity contribution in [1.29, 1.82) is 0 Å². The Kier molecular flexibility index (Phi) is 6.32. The van der Waals surface area contributed by atoms with Crippen molar-refractivity contribution in [3.8, 4) is 0 Å². The van der Waals surface area contributed by atoms with Crippen LogP contribution in [0, 0.1) is 6.92 Å². The molecule has 0 saturated carbocycles. The lowest BCUT2D eigenvalue weighted by molar-refractivity contribution is 0.535. The normalized spacial score (nSPS) is 13.9. The van der Waals surface area contributed by atoms with Gasteiger partial charge >= 0.3 is 0 Å². The summed E-state index contributed by atoms with van der Waals surface area (Å²) in [4.78, 5) is 0.250. The Balaban J connectivity index is 1.87. The quantitative estimate of drug-likeness (QED) is 0.542. The minimum atomic E-state index is -3.66. The van der Waals surface area contributed by atoms with Gasteiger partial charge in [-0.15, -0.1) is 11.6 Å². The van der Waals surface area contributed by atoms with Crippen LogP contribution in [0.3, 0.4) is 0 Å². The molecular weight excluding hydrogens is 378 g/mol. The fraction of sp³-hybridized carbons (Fsp3) is 0.182. The highest BCUT2D eigenvalue weighted by atomic mass is 35.5. The van der Waals surface area contributed by atoms with Crippen LogP contribution >= 0.6 is 11.6 Å². The van der Waals surface area contributed by atoms with Crippen molar-refractivity contribution in [2.45, 2.75) is 29.7 Å². The highest BCUT2D eigenvalue weighted by molar-refractivity contribution is 7.89. The first-order valence-corrected chi connectivity index (χ1v) is 10.7. The van der Waals surface area contributed by atoms with Crippen molar-refractivity contribution >= 4 is 21.6 Å². The van der Waals surface area contributed by atoms with Gasteiger partial charge in [-0.05, 0) is 36.6 Å². The average Bonchev–Trinajstić information content (AvgIpc) is 2.69. The monoisotopic (exact) mass is 399 g/mol. The third-order valence-corrected chi connectivity index (χ3v) is 6.35. The Morgan fingerprint density at radius 1 is 0.815 bits per heavy atom. The van der Waals surface area contributed by atoms with Gasteiger partial charge in [0.25, 0.3) is 0 Å². The molecule has 2 unspecified atom stereocenters. The summed E-state index contributed by atoms with van der Waals surface area (Å²) in [5.41, 5.74) is 2.86. The van der Waals surface area contributed by atoms with E-state index in [-0.39, 0.29) is 10.3 Å². The maximum Gasteiger partial charge on any atom is 0.241 e. The number of benzene rings is 3. The third kappa shape index (κ3) is 5.19. The molecule has 0 saturated heterocycles. The largest absolute Gasteiger partial charge is 0.241 e. The van der Waals surface area contributed by atoms with Crippen molar-refractivity contribution in [2.24, 2.45) is 0 Å². The molecule has 3 rings (SSSR count). The van der Waals surface area contributed by atoms with Gasteiger partial charge in [-0.3, -0.25) is 0 Å². The molecule has 2 atom stereocenters. The molecule has 27 heavy (non-hydrogen) atoms. The molecule has 0 heterocycles. The Morgan fingerprint density at radius 2 is 1.33 bits per heavy atom. The zero-order valence-electron chi connectivity index (χ0n) is 15.0. The number of hydrogen-bond acceptors (Lipinski definition) is 2. The fourth-order valence-corrected chi connectivity index (χ4v) is 4.48. The van der Waals surface area contributed by atoms with Crippen LogP contribution in [0.25, 0.3) is 0 Å². The summed E-state index contributed by atoms with van der Waals surface area (Å²) in [6, 6.07) is 25.6. The van der Waals surface area contributed by atoms with Crippen molar-refractivity contribution in [3.63, 3.8) is 0 Å². The maximum atomic E-state index is 12.9. The smallest absolute Gasteiger partial charge is 0.207 e. The predicted octanol–water partition coefficient (Wildman–Crippen LogP) is 5.38. The van der Waals surface area contributed by atoms with Crippen LogP contribution < -0.4 is 4.72 Å². The lowest BCUT2D eigenvalue weighted by Crippen LogP contribution is -2.29. The summed E-state index contributed by atoms with van der Waals surface area (Å²) in [6.07, 6.45) is 0.445. The second-order valence-corrected chi connectivity index (χ2v) is 8.75. The second kappa shape index (κ2) is 8.70. The van der Waals surface area contributed by atoms with E-state index in [9.17, 15) is 8.42 Å². The summed E-state index contributed by atoms with van der Waals surface area (Å²) in [7, 11) is -3.66. The minimum Gasteiger partial charge on any atom is -0.207 e. The van der Waals surface area contributed by atoms with Gasteiger partial charge in [0, 0.05) is 6.04 Å². The summed E-state index contributed by atoms with van der Waals surface area (Å²) in [5.74, 6) is 0. The van der Waals surface area contributed by atoms with Crippen LogP contribution in [0.1, 0.15) is 34.5 Å². The van der Waals surface area contributed by atoms with E-state index in [1.165, 1.54) is 0 Å². The molecule has 0 bridgehead atoms. The molecule has 0 amide bonds. The van der Waals surface area contributed by atoms with Crippen molar-refractivity contribution in [3.05, 3.63) is 102 Å². The molecule has 0 aliphatic heterocycles. The first-order chi connectivity index (χ1) is 13.0. The molecule has 0 fully saturated rings. The van der Waals surface area contributed by atoms with Gasteiger partial charge in [-0.25, -0.2) is 13.1 Å². The number of alkyl halides is 1. The summed E-state index contributed by atoms with van der Waals surface area (Å²) < 4.78 is 28.6. The number of sulfonamides is 1. The van der Waals surface area contributed by atoms with E-state index in [1.807, 2.05) is 67.6 Å². The average molecular weight is 400 g/mol. The molecule has 3 aromatic carbocycles. The zero-order chi connectivity index (χ0) is 19.3. The van der Waals surface area contributed by atoms with E-state index in [2.05, 4.69) is 4.72 Å². The van der Waals surface area contributed by atoms with E-state index in [0.717, 1.165) is 16.7 Å². The van der Waals surface area contributed by atoms with E-state index in [1.54, 1.807) is 24.3 Å². The van der Waals surface area contributed by atoms with Gasteiger partial charge in [0.2, 0.25) is 10.0 Å². The van der Waals surface area contributed by atoms with Crippen molar-refractivity contribution in [2.75, 3.05) is 0 Å². The number of nitrogens with one attached hydrogen (secondary N) is 1. The molecule has 140 valence electrons. The van der Waals surface area contributed by atoms with E-state index < -0.39 is 16.1 Å². The first kappa shape index (κ1) is 19.6. The minimum absolute atomic E-state index is 0.250. The maximum absolute atomic E-state index is 12.9. The molecule has 0 aromatic heterocycles. The number of hydrogen-bond donors (Lipinski definition) is 1. The molecule has 0 spiro atoms. The Morgan fingerprint density at radius 3 is 1.89 bits per heavy atom. The Hall–Kier alpha value is -2.14. The summed E-state index contributed by atoms with van der Waals surface area (Å²) in [5, 5.41) is -0.308. The molecule has 3 aromatic rings. The van der Waals surface area contributed by atoms with Gasteiger partial charge in [-0.1, -0.05) is 78.4 Å². The highest BCUT2D eigenvalue weighted by Gasteiger charge is 2.24. The van der Waals surface area contributed by atoms with Gasteiger partial charge in [0.15, 0.2) is 0 Å². The molecular formula is C22H22ClNO2S. The lowest BCUT2D eigenvalue weighted by atomic mass is 9.99. The second-order valence-electron chi connectivity index (χ2n) is 6.51. The lowest BCUT2D eigenvalue weighted by Gasteiger charge is -2.22. The summed E-state index contributed by atoms with van der Waals surface area (Å²) >= 11 is 6.61. The molecule has 0 radical (unpaired) electrons. The van der Waals surface area contributed by atoms with Crippen LogP contribution in [-0.4, -0.2) is 8.42 Å². The fourth-order valence-electron chi connectivity index (χ4n) is 2.92. The van der Waals surface area contributed by atoms with Crippen LogP contribution in [0.2, 0.25) is 0 Å². The summed E-state index contributed by atoms with van der Waals surface area (Å²) in [6.45, 7) is 1.93. The molecule has 5 heteroatoms. The number of aryl methyl sites for hydroxylation is 1. The molecule has 1 N–H and O–H groups in total. The zero-order valence-corrected chi connectivity index (χ0v) is 16.6.